The van der Waals surface area contributed by atoms with E-state index in [1.165, 1.54) is 29.6 Å². The number of nitrogens with zero attached hydrogens (tertiary/aromatic N) is 2. The molecule has 0 spiro atoms. The molecule has 11 heteroatoms. The average Bonchev–Trinajstić information content (AvgIpc) is 3.06. The van der Waals surface area contributed by atoms with Crippen molar-refractivity contribution < 1.29 is 22.7 Å². The summed E-state index contributed by atoms with van der Waals surface area (Å²) in [5, 5.41) is 5.07. The van der Waals surface area contributed by atoms with Gasteiger partial charge in [0, 0.05) is 18.1 Å². The molecule has 2 N–H and O–H groups in total. The zero-order valence-corrected chi connectivity index (χ0v) is 16.5. The van der Waals surface area contributed by atoms with Gasteiger partial charge in [0.05, 0.1) is 5.01 Å². The number of allylic oxidation sites excluding steroid dienone is 2. The van der Waals surface area contributed by atoms with Gasteiger partial charge in [0.1, 0.15) is 17.0 Å². The Kier molecular flexibility index (Phi) is 7.71. The molecular formula is C18H19F3N4O3S. The van der Waals surface area contributed by atoms with Crippen molar-refractivity contribution in [3.05, 3.63) is 56.5 Å². The van der Waals surface area contributed by atoms with E-state index in [0.717, 1.165) is 11.2 Å². The van der Waals surface area contributed by atoms with Crippen LogP contribution in [0.25, 0.3) is 11.5 Å². The number of carbonyl (C=O) groups excluding carboxylic acids is 1. The molecule has 7 nitrogen and oxygen atoms in total. The Morgan fingerprint density at radius 3 is 2.76 bits per heavy atom. The molecule has 2 aromatic heterocycles. The van der Waals surface area contributed by atoms with Crippen LogP contribution in [0.15, 0.2) is 40.4 Å². The molecule has 0 unspecified atom stereocenters. The van der Waals surface area contributed by atoms with E-state index in [4.69, 9.17) is 0 Å². The van der Waals surface area contributed by atoms with Crippen LogP contribution < -0.4 is 10.9 Å². The first-order valence-corrected chi connectivity index (χ1v) is 9.50. The van der Waals surface area contributed by atoms with Crippen molar-refractivity contribution in [2.75, 3.05) is 6.54 Å². The molecule has 0 aliphatic rings. The quantitative estimate of drug-likeness (QED) is 0.380. The summed E-state index contributed by atoms with van der Waals surface area (Å²) in [5.41, 5.74) is -0.268. The zero-order valence-electron chi connectivity index (χ0n) is 15.7. The number of nitrogens with one attached hydrogen (secondary N) is 2. The Morgan fingerprint density at radius 2 is 2.17 bits per heavy atom. The second-order valence-corrected chi connectivity index (χ2v) is 6.80. The fourth-order valence-corrected chi connectivity index (χ4v) is 2.80. The fourth-order valence-electron chi connectivity index (χ4n) is 2.20. The van der Waals surface area contributed by atoms with Crippen molar-refractivity contribution in [1.82, 2.24) is 20.3 Å². The molecule has 2 heterocycles. The van der Waals surface area contributed by atoms with Crippen LogP contribution in [-0.2, 0) is 4.74 Å². The predicted molar refractivity (Wildman–Crippen MR) is 102 cm³/mol. The van der Waals surface area contributed by atoms with Gasteiger partial charge in [-0.25, -0.2) is 9.97 Å². The van der Waals surface area contributed by atoms with Gasteiger partial charge in [-0.3, -0.25) is 9.59 Å². The largest absolute Gasteiger partial charge is 0.573 e. The lowest BCUT2D eigenvalue weighted by molar-refractivity contribution is -0.303. The van der Waals surface area contributed by atoms with Crippen molar-refractivity contribution in [1.29, 1.82) is 0 Å². The molecule has 2 rings (SSSR count). The Labute approximate surface area is 168 Å². The van der Waals surface area contributed by atoms with Gasteiger partial charge in [-0.15, -0.1) is 24.5 Å². The lowest BCUT2D eigenvalue weighted by Gasteiger charge is -2.09. The van der Waals surface area contributed by atoms with Crippen LogP contribution in [0, 0.1) is 6.92 Å². The second kappa shape index (κ2) is 10.0. The summed E-state index contributed by atoms with van der Waals surface area (Å²) in [6.07, 6.45) is 0.920. The van der Waals surface area contributed by atoms with Gasteiger partial charge in [0.2, 0.25) is 0 Å². The molecule has 0 saturated heterocycles. The van der Waals surface area contributed by atoms with Crippen LogP contribution in [-0.4, -0.2) is 33.8 Å². The van der Waals surface area contributed by atoms with Gasteiger partial charge in [-0.2, -0.15) is 0 Å². The van der Waals surface area contributed by atoms with E-state index in [9.17, 15) is 22.8 Å². The number of alkyl halides is 3. The molecule has 0 saturated carbocycles. The molecule has 2 aromatic rings. The van der Waals surface area contributed by atoms with Gasteiger partial charge in [0.15, 0.2) is 5.82 Å². The highest BCUT2D eigenvalue weighted by Crippen LogP contribution is 2.21. The minimum atomic E-state index is -4.77. The molecule has 1 amide bonds. The maximum absolute atomic E-state index is 12.3. The van der Waals surface area contributed by atoms with Crippen molar-refractivity contribution in [3.63, 3.8) is 0 Å². The third kappa shape index (κ3) is 7.18. The molecule has 0 aromatic carbocycles. The number of aromatic nitrogens is 3. The van der Waals surface area contributed by atoms with E-state index in [-0.39, 0.29) is 30.1 Å². The summed E-state index contributed by atoms with van der Waals surface area (Å²) in [4.78, 5) is 35.0. The van der Waals surface area contributed by atoms with Crippen molar-refractivity contribution in [3.8, 4) is 11.5 Å². The van der Waals surface area contributed by atoms with E-state index in [0.29, 0.717) is 12.1 Å². The normalized spacial score (nSPS) is 12.4. The lowest BCUT2D eigenvalue weighted by atomic mass is 10.2. The predicted octanol–water partition coefficient (Wildman–Crippen LogP) is 3.71. The van der Waals surface area contributed by atoms with E-state index in [1.54, 1.807) is 12.3 Å². The Bertz CT molecular complexity index is 964. The van der Waals surface area contributed by atoms with E-state index < -0.39 is 17.8 Å². The number of hydrogen-bond donors (Lipinski definition) is 2. The minimum absolute atomic E-state index is 0.118. The summed E-state index contributed by atoms with van der Waals surface area (Å²) in [6.45, 7) is 3.62. The number of hydrogen-bond acceptors (Lipinski definition) is 6. The third-order valence-electron chi connectivity index (χ3n) is 3.42. The molecule has 0 bridgehead atoms. The summed E-state index contributed by atoms with van der Waals surface area (Å²) < 4.78 is 40.7. The van der Waals surface area contributed by atoms with Crippen LogP contribution in [0.4, 0.5) is 13.2 Å². The SMILES string of the molecule is CC/C=C(\C=C/CCNC(=O)c1cnc(-c2csc(C)n2)[nH]c1=O)OC(F)(F)F. The fraction of sp³-hybridized carbons (Fsp3) is 0.333. The number of ether oxygens (including phenoxy) is 1. The van der Waals surface area contributed by atoms with Crippen LogP contribution >= 0.6 is 11.3 Å². The molecule has 0 aliphatic carbocycles. The number of halogens is 3. The molecule has 0 aliphatic heterocycles. The Hall–Kier alpha value is -2.95. The van der Waals surface area contributed by atoms with Gasteiger partial charge < -0.3 is 15.0 Å². The minimum Gasteiger partial charge on any atom is -0.406 e. The van der Waals surface area contributed by atoms with Crippen molar-refractivity contribution in [2.45, 2.75) is 33.1 Å². The Morgan fingerprint density at radius 1 is 1.41 bits per heavy atom. The van der Waals surface area contributed by atoms with Crippen molar-refractivity contribution >= 4 is 17.2 Å². The van der Waals surface area contributed by atoms with Gasteiger partial charge >= 0.3 is 6.36 Å². The number of thiazole rings is 1. The average molecular weight is 428 g/mol. The van der Waals surface area contributed by atoms with Crippen LogP contribution in [0.1, 0.15) is 35.1 Å². The van der Waals surface area contributed by atoms with E-state index in [1.807, 2.05) is 6.92 Å². The highest BCUT2D eigenvalue weighted by atomic mass is 32.1. The molecule has 0 atom stereocenters. The molecule has 0 fully saturated rings. The highest BCUT2D eigenvalue weighted by Gasteiger charge is 2.31. The van der Waals surface area contributed by atoms with E-state index >= 15 is 0 Å². The summed E-state index contributed by atoms with van der Waals surface area (Å²) in [5.74, 6) is -0.692. The molecular weight excluding hydrogens is 409 g/mol. The number of aryl methyl sites for hydroxylation is 1. The van der Waals surface area contributed by atoms with Crippen LogP contribution in [0.3, 0.4) is 0 Å². The first kappa shape index (κ1) is 22.3. The number of rotatable bonds is 8. The monoisotopic (exact) mass is 428 g/mol. The maximum atomic E-state index is 12.3. The standard InChI is InChI=1S/C18H19F3N4O3S/c1-3-6-12(28-18(19,20)21)7-4-5-8-22-16(26)13-9-23-15(25-17(13)27)14-10-29-11(2)24-14/h4,6-7,9-10H,3,5,8H2,1-2H3,(H,22,26)(H,23,25,27)/b7-4-,12-6+. The summed E-state index contributed by atoms with van der Waals surface area (Å²) in [7, 11) is 0. The van der Waals surface area contributed by atoms with Gasteiger partial charge in [0.25, 0.3) is 11.5 Å². The summed E-state index contributed by atoms with van der Waals surface area (Å²) in [6, 6.07) is 0. The van der Waals surface area contributed by atoms with Crippen LogP contribution in [0.5, 0.6) is 0 Å². The zero-order chi connectivity index (χ0) is 21.4. The van der Waals surface area contributed by atoms with Crippen molar-refractivity contribution in [2.24, 2.45) is 0 Å². The van der Waals surface area contributed by atoms with E-state index in [2.05, 4.69) is 25.0 Å². The third-order valence-corrected chi connectivity index (χ3v) is 4.20. The number of carbonyl (C=O) groups is 1. The summed E-state index contributed by atoms with van der Waals surface area (Å²) >= 11 is 1.40. The first-order chi connectivity index (χ1) is 13.7. The Balaban J connectivity index is 1.91. The number of amides is 1. The number of aromatic amines is 1. The second-order valence-electron chi connectivity index (χ2n) is 5.74. The lowest BCUT2D eigenvalue weighted by Crippen LogP contribution is -2.30. The highest BCUT2D eigenvalue weighted by molar-refractivity contribution is 7.09. The molecule has 29 heavy (non-hydrogen) atoms. The topological polar surface area (TPSA) is 97.0 Å². The molecule has 156 valence electrons. The van der Waals surface area contributed by atoms with Gasteiger partial charge in [-0.05, 0) is 31.9 Å². The maximum Gasteiger partial charge on any atom is 0.573 e. The smallest absolute Gasteiger partial charge is 0.406 e. The first-order valence-electron chi connectivity index (χ1n) is 8.62. The van der Waals surface area contributed by atoms with Gasteiger partial charge in [-0.1, -0.05) is 13.0 Å². The molecule has 0 radical (unpaired) electrons. The van der Waals surface area contributed by atoms with Crippen LogP contribution in [0.2, 0.25) is 0 Å². The number of H-pyrrole nitrogens is 1.